The van der Waals surface area contributed by atoms with E-state index in [0.29, 0.717) is 11.1 Å². The molecule has 0 radical (unpaired) electrons. The molecule has 1 unspecified atom stereocenters. The molecule has 13 nitrogen and oxygen atoms in total. The van der Waals surface area contributed by atoms with Gasteiger partial charge in [0.05, 0.1) is 0 Å². The van der Waals surface area contributed by atoms with Gasteiger partial charge in [-0.3, -0.25) is 19.5 Å². The minimum atomic E-state index is -0.678. The average Bonchev–Trinajstić information content (AvgIpc) is 3.77. The number of hydrogen-bond acceptors (Lipinski definition) is 10. The molecule has 53 heavy (non-hydrogen) atoms. The molecule has 3 atom stereocenters. The molecule has 13 heteroatoms. The van der Waals surface area contributed by atoms with Crippen molar-refractivity contribution in [1.82, 2.24) is 55.9 Å². The molecular weight excluding hydrogens is 667 g/mol. The van der Waals surface area contributed by atoms with E-state index in [1.165, 1.54) is 38.8 Å². The van der Waals surface area contributed by atoms with Crippen molar-refractivity contribution in [1.29, 1.82) is 0 Å². The molecule has 2 aromatic heterocycles. The maximum absolute atomic E-state index is 10.8. The van der Waals surface area contributed by atoms with Crippen LogP contribution < -0.4 is 0 Å². The van der Waals surface area contributed by atoms with Gasteiger partial charge in [-0.1, -0.05) is 74.2 Å². The smallest absolute Gasteiger partial charge is 0.320 e. The second-order valence-electron chi connectivity index (χ2n) is 19.0. The van der Waals surface area contributed by atoms with Gasteiger partial charge in [0.25, 0.3) is 0 Å². The summed E-state index contributed by atoms with van der Waals surface area (Å²) in [5.74, 6) is 0.826. The highest BCUT2D eigenvalue weighted by molar-refractivity contribution is 5.73. The van der Waals surface area contributed by atoms with Crippen LogP contribution in [0.3, 0.4) is 0 Å². The zero-order valence-corrected chi connectivity index (χ0v) is 35.0. The summed E-state index contributed by atoms with van der Waals surface area (Å²) >= 11 is 0. The number of carboxylic acid groups (broad SMARTS) is 1. The first kappa shape index (κ1) is 54.8. The number of aromatic nitrogens is 8. The minimum Gasteiger partial charge on any atom is -0.480 e. The Morgan fingerprint density at radius 3 is 1.02 bits per heavy atom. The van der Waals surface area contributed by atoms with Crippen molar-refractivity contribution < 1.29 is 9.90 Å². The summed E-state index contributed by atoms with van der Waals surface area (Å²) < 4.78 is 0. The lowest BCUT2D eigenvalue weighted by Crippen LogP contribution is -2.47. The van der Waals surface area contributed by atoms with E-state index in [2.05, 4.69) is 132 Å². The third-order valence-corrected chi connectivity index (χ3v) is 9.26. The molecule has 314 valence electrons. The SMILES string of the molecule is C.C.C.CC(C)(C)N1CCC[C@H]1C(=O)O.CC(C)(C)c1nn[nH]n1.CC(C)(C)c1nn[nH]n1.CC1CCCN1C(C)(C)C.C[C@H]1CCCN1C(C)(C)C. The van der Waals surface area contributed by atoms with E-state index >= 15 is 0 Å². The van der Waals surface area contributed by atoms with Crippen LogP contribution in [0.15, 0.2) is 0 Å². The first-order valence-corrected chi connectivity index (χ1v) is 18.7. The highest BCUT2D eigenvalue weighted by Gasteiger charge is 2.37. The standard InChI is InChI=1S/C9H17NO2.2C9H19N.2C5H10N4.3CH4/c1-9(2,3)10-6-4-5-7(10)8(11)12;2*1-8-6-5-7-10(8)9(2,3)4;2*1-5(2,3)4-6-8-9-7-4;;;/h7H,4-6H2,1-3H3,(H,11,12);2*8H,5-7H2,1-4H3;2*1-3H3,(H,6,7,8,9);3*1H4/t7-;8-;;;;;;/m00....../s1. The fourth-order valence-electron chi connectivity index (χ4n) is 6.65. The zero-order valence-electron chi connectivity index (χ0n) is 35.0. The molecule has 3 saturated heterocycles. The maximum atomic E-state index is 10.8. The molecule has 0 saturated carbocycles. The van der Waals surface area contributed by atoms with Gasteiger partial charge in [-0.15, -0.1) is 20.4 Å². The van der Waals surface area contributed by atoms with E-state index in [-0.39, 0.29) is 44.7 Å². The van der Waals surface area contributed by atoms with Crippen molar-refractivity contribution in [2.45, 2.75) is 224 Å². The Kier molecular flexibility index (Phi) is 23.6. The van der Waals surface area contributed by atoms with E-state index < -0.39 is 5.97 Å². The van der Waals surface area contributed by atoms with Crippen LogP contribution in [0.5, 0.6) is 0 Å². The molecule has 0 spiro atoms. The second-order valence-corrected chi connectivity index (χ2v) is 19.0. The summed E-state index contributed by atoms with van der Waals surface area (Å²) in [4.78, 5) is 18.1. The van der Waals surface area contributed by atoms with Crippen LogP contribution in [0.2, 0.25) is 0 Å². The van der Waals surface area contributed by atoms with Crippen LogP contribution >= 0.6 is 0 Å². The van der Waals surface area contributed by atoms with E-state index in [9.17, 15) is 4.79 Å². The molecule has 0 aliphatic carbocycles. The number of tetrazole rings is 2. The molecule has 3 aliphatic heterocycles. The Morgan fingerprint density at radius 2 is 0.868 bits per heavy atom. The number of rotatable bonds is 1. The van der Waals surface area contributed by atoms with Crippen LogP contribution in [0.4, 0.5) is 0 Å². The van der Waals surface area contributed by atoms with Gasteiger partial charge in [0.1, 0.15) is 6.04 Å². The fraction of sp³-hybridized carbons (Fsp3) is 0.925. The number of hydrogen-bond donors (Lipinski definition) is 3. The van der Waals surface area contributed by atoms with Crippen LogP contribution in [-0.2, 0) is 15.6 Å². The Morgan fingerprint density at radius 1 is 0.566 bits per heavy atom. The number of aromatic amines is 2. The summed E-state index contributed by atoms with van der Waals surface area (Å²) in [6, 6.07) is 1.35. The summed E-state index contributed by atoms with van der Waals surface area (Å²) in [6.07, 6.45) is 7.35. The number of likely N-dealkylation sites (tertiary alicyclic amines) is 3. The fourth-order valence-corrected chi connectivity index (χ4v) is 6.65. The normalized spacial score (nSPS) is 21.0. The van der Waals surface area contributed by atoms with Gasteiger partial charge in [-0.2, -0.15) is 10.4 Å². The Balaban J connectivity index is -0.000000583. The molecule has 5 heterocycles. The molecule has 3 N–H and O–H groups in total. The first-order valence-electron chi connectivity index (χ1n) is 18.7. The lowest BCUT2D eigenvalue weighted by molar-refractivity contribution is -0.143. The highest BCUT2D eigenvalue weighted by atomic mass is 16.4. The van der Waals surface area contributed by atoms with E-state index in [4.69, 9.17) is 5.11 Å². The van der Waals surface area contributed by atoms with Gasteiger partial charge in [0.2, 0.25) is 0 Å². The number of nitrogens with zero attached hydrogens (tertiary/aromatic N) is 9. The Bertz CT molecular complexity index is 1130. The number of aliphatic carboxylic acids is 1. The van der Waals surface area contributed by atoms with Crippen molar-refractivity contribution in [3.05, 3.63) is 11.6 Å². The third-order valence-electron chi connectivity index (χ3n) is 9.26. The first-order chi connectivity index (χ1) is 22.7. The van der Waals surface area contributed by atoms with Gasteiger partial charge < -0.3 is 5.11 Å². The Labute approximate surface area is 326 Å². The van der Waals surface area contributed by atoms with Crippen molar-refractivity contribution in [2.24, 2.45) is 0 Å². The van der Waals surface area contributed by atoms with E-state index in [1.807, 2.05) is 41.5 Å². The predicted molar refractivity (Wildman–Crippen MR) is 223 cm³/mol. The van der Waals surface area contributed by atoms with Gasteiger partial charge >= 0.3 is 5.97 Å². The lowest BCUT2D eigenvalue weighted by atomic mass is 9.96. The van der Waals surface area contributed by atoms with Crippen molar-refractivity contribution in [2.75, 3.05) is 19.6 Å². The van der Waals surface area contributed by atoms with Crippen LogP contribution in [-0.4, -0.2) is 121 Å². The molecular formula is C40H87N11O2. The lowest BCUT2D eigenvalue weighted by Gasteiger charge is -2.35. The van der Waals surface area contributed by atoms with Crippen LogP contribution in [0, 0.1) is 0 Å². The molecule has 5 rings (SSSR count). The van der Waals surface area contributed by atoms with Crippen molar-refractivity contribution >= 4 is 5.97 Å². The van der Waals surface area contributed by atoms with E-state index in [1.54, 1.807) is 0 Å². The number of nitrogens with one attached hydrogen (secondary N) is 2. The number of carbonyl (C=O) groups is 1. The minimum absolute atomic E-state index is 0. The van der Waals surface area contributed by atoms with Gasteiger partial charge in [0, 0.05) is 39.5 Å². The molecule has 0 amide bonds. The van der Waals surface area contributed by atoms with Gasteiger partial charge in [-0.05, 0) is 134 Å². The van der Waals surface area contributed by atoms with Crippen LogP contribution in [0.1, 0.15) is 190 Å². The summed E-state index contributed by atoms with van der Waals surface area (Å²) in [5, 5.41) is 36.0. The Hall–Kier alpha value is -2.51. The second kappa shape index (κ2) is 22.8. The molecule has 0 bridgehead atoms. The van der Waals surface area contributed by atoms with Crippen LogP contribution in [0.25, 0.3) is 0 Å². The zero-order chi connectivity index (χ0) is 38.7. The number of carboxylic acids is 1. The maximum Gasteiger partial charge on any atom is 0.320 e. The topological polar surface area (TPSA) is 156 Å². The van der Waals surface area contributed by atoms with Gasteiger partial charge in [0.15, 0.2) is 11.6 Å². The van der Waals surface area contributed by atoms with Crippen molar-refractivity contribution in [3.8, 4) is 0 Å². The highest BCUT2D eigenvalue weighted by Crippen LogP contribution is 2.27. The molecule has 2 aromatic rings. The molecule has 3 fully saturated rings. The quantitative estimate of drug-likeness (QED) is 0.256. The molecule has 3 aliphatic rings. The average molecular weight is 754 g/mol. The van der Waals surface area contributed by atoms with Gasteiger partial charge in [-0.25, -0.2) is 0 Å². The van der Waals surface area contributed by atoms with Crippen molar-refractivity contribution in [3.63, 3.8) is 0 Å². The number of H-pyrrole nitrogens is 2. The third kappa shape index (κ3) is 19.6. The predicted octanol–water partition coefficient (Wildman–Crippen LogP) is 8.78. The summed E-state index contributed by atoms with van der Waals surface area (Å²) in [7, 11) is 0. The summed E-state index contributed by atoms with van der Waals surface area (Å²) in [6.45, 7) is 40.4. The monoisotopic (exact) mass is 754 g/mol. The largest absolute Gasteiger partial charge is 0.480 e. The molecule has 0 aromatic carbocycles. The van der Waals surface area contributed by atoms with E-state index in [0.717, 1.165) is 43.1 Å². The summed E-state index contributed by atoms with van der Waals surface area (Å²) in [5.41, 5.74) is 0.769.